The van der Waals surface area contributed by atoms with Crippen LogP contribution in [0.15, 0.2) is 140 Å². The van der Waals surface area contributed by atoms with Gasteiger partial charge in [0.1, 0.15) is 5.75 Å². The molecular formula is C63H72N3OPt-. The summed E-state index contributed by atoms with van der Waals surface area (Å²) in [5.41, 5.74) is 19.3. The van der Waals surface area contributed by atoms with Gasteiger partial charge >= 0.3 is 0 Å². The molecule has 8 aromatic rings. The molecule has 68 heavy (non-hydrogen) atoms. The molecule has 5 heteroatoms. The van der Waals surface area contributed by atoms with Crippen LogP contribution in [0.3, 0.4) is 0 Å². The van der Waals surface area contributed by atoms with Crippen LogP contribution < -0.4 is 0 Å². The van der Waals surface area contributed by atoms with Gasteiger partial charge in [0.15, 0.2) is 0 Å². The summed E-state index contributed by atoms with van der Waals surface area (Å²) in [6.07, 6.45) is 3.90. The Bertz CT molecular complexity index is 3030. The van der Waals surface area contributed by atoms with Crippen LogP contribution in [0.5, 0.6) is 5.75 Å². The maximum absolute atomic E-state index is 9.84. The van der Waals surface area contributed by atoms with E-state index in [2.05, 4.69) is 237 Å². The van der Waals surface area contributed by atoms with Gasteiger partial charge in [-0.1, -0.05) is 212 Å². The first-order chi connectivity index (χ1) is 31.2. The van der Waals surface area contributed by atoms with Crippen LogP contribution in [-0.2, 0) is 48.1 Å². The molecule has 1 N–H and O–H groups in total. The molecule has 0 aliphatic rings. The van der Waals surface area contributed by atoms with Crippen molar-refractivity contribution in [1.82, 2.24) is 14.5 Å². The Morgan fingerprint density at radius 2 is 1.03 bits per heavy atom. The molecule has 0 aliphatic heterocycles. The molecule has 8 rings (SSSR count). The fourth-order valence-electron chi connectivity index (χ4n) is 8.43. The van der Waals surface area contributed by atoms with Crippen molar-refractivity contribution in [3.05, 3.63) is 179 Å². The Hall–Kier alpha value is -5.57. The van der Waals surface area contributed by atoms with Gasteiger partial charge in [-0.2, -0.15) is 0 Å². The van der Waals surface area contributed by atoms with Gasteiger partial charge in [0.05, 0.1) is 23.0 Å². The predicted octanol–water partition coefficient (Wildman–Crippen LogP) is 17.1. The van der Waals surface area contributed by atoms with E-state index in [4.69, 9.17) is 9.97 Å². The molecule has 0 saturated heterocycles. The number of aromatic nitrogens is 3. The third kappa shape index (κ3) is 11.6. The second-order valence-corrected chi connectivity index (χ2v) is 23.6. The van der Waals surface area contributed by atoms with Crippen LogP contribution in [-0.4, -0.2) is 19.6 Å². The van der Waals surface area contributed by atoms with Crippen LogP contribution in [0.1, 0.15) is 137 Å². The molecule has 0 amide bonds. The number of aryl methyl sites for hydroxylation is 1. The van der Waals surface area contributed by atoms with Gasteiger partial charge in [0, 0.05) is 38.5 Å². The molecule has 0 atom stereocenters. The molecule has 6 aromatic carbocycles. The number of fused-ring (bicyclic) bond motifs is 1. The molecule has 4 nitrogen and oxygen atoms in total. The van der Waals surface area contributed by atoms with Crippen molar-refractivity contribution in [2.75, 3.05) is 0 Å². The second kappa shape index (κ2) is 19.4. The molecule has 0 saturated carbocycles. The number of hydrogen-bond donors (Lipinski definition) is 1. The largest absolute Gasteiger partial charge is 0.508 e. The standard InChI is InChI=1S/C49H50N3.C14H22O.Pt/c1-32-14-16-33(17-15-32)35-24-25-50-43(29-35)37-26-36(27-40(28-37)49(8,9)10)42-12-11-13-44-46(42)51-31-52(44)45-30-39(48(5,6)7)22-23-41(45)34-18-20-38(21-19-34)47(2,3)4;1-13(2,3)10-7-8-12(15)11(9-10)14(4,5)6;/h11-25,27-31H,1-10H3;7-9,15H,1-6H3;/q-1;;. The van der Waals surface area contributed by atoms with Gasteiger partial charge in [-0.15, -0.1) is 29.3 Å². The summed E-state index contributed by atoms with van der Waals surface area (Å²) in [4.78, 5) is 9.98. The Morgan fingerprint density at radius 1 is 0.471 bits per heavy atom. The molecule has 0 bridgehead atoms. The number of phenols is 1. The third-order valence-electron chi connectivity index (χ3n) is 12.9. The van der Waals surface area contributed by atoms with E-state index in [1.807, 2.05) is 18.6 Å². The van der Waals surface area contributed by atoms with Gasteiger partial charge in [-0.25, -0.2) is 4.98 Å². The minimum Gasteiger partial charge on any atom is -0.508 e. The Kier molecular flexibility index (Phi) is 14.8. The molecule has 0 spiro atoms. The van der Waals surface area contributed by atoms with E-state index in [-0.39, 0.29) is 48.1 Å². The van der Waals surface area contributed by atoms with E-state index in [1.54, 1.807) is 6.07 Å². The molecule has 2 heterocycles. The van der Waals surface area contributed by atoms with E-state index in [0.29, 0.717) is 5.75 Å². The van der Waals surface area contributed by atoms with Gasteiger partial charge in [0.2, 0.25) is 0 Å². The molecule has 356 valence electrons. The monoisotopic (exact) mass is 1080 g/mol. The van der Waals surface area contributed by atoms with Crippen LogP contribution in [0.25, 0.3) is 61.4 Å². The Morgan fingerprint density at radius 3 is 1.63 bits per heavy atom. The minimum atomic E-state index is -0.0781. The summed E-state index contributed by atoms with van der Waals surface area (Å²) >= 11 is 0. The summed E-state index contributed by atoms with van der Waals surface area (Å²) in [6, 6.07) is 49.6. The third-order valence-corrected chi connectivity index (χ3v) is 12.9. The first-order valence-electron chi connectivity index (χ1n) is 23.9. The molecule has 2 aromatic heterocycles. The number of hydrogen-bond acceptors (Lipinski definition) is 3. The van der Waals surface area contributed by atoms with Crippen LogP contribution in [0, 0.1) is 13.0 Å². The zero-order chi connectivity index (χ0) is 48.9. The normalized spacial score (nSPS) is 12.4. The summed E-state index contributed by atoms with van der Waals surface area (Å²) < 4.78 is 2.27. The number of nitrogens with zero attached hydrogens (tertiary/aromatic N) is 3. The number of para-hydroxylation sites is 1. The average molecular weight is 1080 g/mol. The second-order valence-electron chi connectivity index (χ2n) is 23.6. The number of aromatic hydroxyl groups is 1. The fourth-order valence-corrected chi connectivity index (χ4v) is 8.43. The smallest absolute Gasteiger partial charge is 0.119 e. The molecule has 0 fully saturated rings. The average Bonchev–Trinajstić information content (AvgIpc) is 3.69. The van der Waals surface area contributed by atoms with E-state index in [1.165, 1.54) is 44.5 Å². The van der Waals surface area contributed by atoms with E-state index in [0.717, 1.165) is 50.2 Å². The number of phenolic OH excluding ortho intramolecular Hbond substituents is 1. The summed E-state index contributed by atoms with van der Waals surface area (Å²) in [5.74, 6) is 0.399. The zero-order valence-corrected chi connectivity index (χ0v) is 45.7. The van der Waals surface area contributed by atoms with Gasteiger partial charge < -0.3 is 5.11 Å². The number of benzene rings is 6. The van der Waals surface area contributed by atoms with Crippen LogP contribution in [0.2, 0.25) is 0 Å². The van der Waals surface area contributed by atoms with Gasteiger partial charge in [-0.05, 0) is 97.2 Å². The summed E-state index contributed by atoms with van der Waals surface area (Å²) in [5, 5.41) is 9.84. The number of pyridine rings is 1. The topological polar surface area (TPSA) is 50.9 Å². The molecule has 0 unspecified atom stereocenters. The predicted molar refractivity (Wildman–Crippen MR) is 286 cm³/mol. The van der Waals surface area contributed by atoms with Crippen molar-refractivity contribution in [3.63, 3.8) is 0 Å². The maximum Gasteiger partial charge on any atom is 0.119 e. The van der Waals surface area contributed by atoms with Crippen molar-refractivity contribution < 1.29 is 26.2 Å². The van der Waals surface area contributed by atoms with E-state index >= 15 is 0 Å². The maximum atomic E-state index is 9.84. The van der Waals surface area contributed by atoms with Crippen molar-refractivity contribution in [3.8, 4) is 56.1 Å². The molecule has 0 radical (unpaired) electrons. The first-order valence-corrected chi connectivity index (χ1v) is 23.9. The summed E-state index contributed by atoms with van der Waals surface area (Å²) in [7, 11) is 0. The van der Waals surface area contributed by atoms with Crippen molar-refractivity contribution in [2.24, 2.45) is 0 Å². The van der Waals surface area contributed by atoms with Crippen LogP contribution in [0.4, 0.5) is 0 Å². The van der Waals surface area contributed by atoms with E-state index < -0.39 is 0 Å². The minimum absolute atomic E-state index is 0. The Balaban J connectivity index is 0.000000408. The van der Waals surface area contributed by atoms with Crippen molar-refractivity contribution in [2.45, 2.75) is 138 Å². The van der Waals surface area contributed by atoms with Crippen molar-refractivity contribution >= 4 is 11.0 Å². The van der Waals surface area contributed by atoms with E-state index in [9.17, 15) is 5.11 Å². The fraction of sp³-hybridized carbons (Fsp3) is 0.333. The van der Waals surface area contributed by atoms with Crippen LogP contribution >= 0.6 is 0 Å². The molecule has 0 aliphatic carbocycles. The summed E-state index contributed by atoms with van der Waals surface area (Å²) in [6.45, 7) is 35.4. The first kappa shape index (κ1) is 51.8. The SMILES string of the molecule is CC(C)(C)c1ccc(O)c(C(C)(C)C)c1.Cc1ccc(-c2ccnc(-c3[c-]c(-c4cccc5c4ncn5-c4cc(C(C)(C)C)ccc4-c4ccc(C(C)(C)C)cc4)cc(C(C)(C)C)c3)c2)cc1.[Pt]. The van der Waals surface area contributed by atoms with Gasteiger partial charge in [-0.3, -0.25) is 9.55 Å². The van der Waals surface area contributed by atoms with Gasteiger partial charge in [0.25, 0.3) is 0 Å². The quantitative estimate of drug-likeness (QED) is 0.175. The Labute approximate surface area is 422 Å². The number of imidazole rings is 1. The van der Waals surface area contributed by atoms with Crippen molar-refractivity contribution in [1.29, 1.82) is 0 Å². The molecular weight excluding hydrogens is 1010 g/mol. The number of rotatable bonds is 5. The zero-order valence-electron chi connectivity index (χ0n) is 43.4.